The molecule has 0 bridgehead atoms. The van der Waals surface area contributed by atoms with Crippen LogP contribution in [-0.4, -0.2) is 40.4 Å². The number of benzene rings is 2. The molecule has 28 heavy (non-hydrogen) atoms. The first-order valence-corrected chi connectivity index (χ1v) is 9.61. The van der Waals surface area contributed by atoms with Gasteiger partial charge in [-0.15, -0.1) is 0 Å². The van der Waals surface area contributed by atoms with Gasteiger partial charge < -0.3 is 19.1 Å². The molecule has 2 aliphatic heterocycles. The molecule has 0 aliphatic carbocycles. The lowest BCUT2D eigenvalue weighted by Gasteiger charge is -2.38. The maximum absolute atomic E-state index is 12.8. The summed E-state index contributed by atoms with van der Waals surface area (Å²) < 4.78 is 13.3. The van der Waals surface area contributed by atoms with Crippen molar-refractivity contribution in [3.63, 3.8) is 0 Å². The van der Waals surface area contributed by atoms with E-state index in [0.717, 1.165) is 40.8 Å². The molecule has 6 heteroatoms. The number of rotatable bonds is 4. The number of ether oxygens (including phenoxy) is 2. The molecule has 0 amide bonds. The van der Waals surface area contributed by atoms with Crippen LogP contribution in [0.3, 0.4) is 0 Å². The Morgan fingerprint density at radius 1 is 1.36 bits per heavy atom. The number of nitrogens with zero attached hydrogens (tertiary/aromatic N) is 2. The number of hydrogen-bond acceptors (Lipinski definition) is 4. The summed E-state index contributed by atoms with van der Waals surface area (Å²) in [6.45, 7) is 1.03. The van der Waals surface area contributed by atoms with Crippen molar-refractivity contribution in [3.05, 3.63) is 48.0 Å². The Morgan fingerprint density at radius 3 is 2.96 bits per heavy atom. The molecule has 2 aliphatic rings. The van der Waals surface area contributed by atoms with Crippen LogP contribution in [-0.2, 0) is 21.5 Å². The fraction of sp³-hybridized carbons (Fsp3) is 0.364. The van der Waals surface area contributed by atoms with Gasteiger partial charge in [0.25, 0.3) is 0 Å². The molecular weight excluding hydrogens is 356 g/mol. The number of imidazole rings is 1. The minimum atomic E-state index is -1.09. The summed E-state index contributed by atoms with van der Waals surface area (Å²) in [7, 11) is 1.60. The topological polar surface area (TPSA) is 73.6 Å². The molecule has 2 unspecified atom stereocenters. The van der Waals surface area contributed by atoms with Crippen molar-refractivity contribution in [2.45, 2.75) is 37.3 Å². The molecule has 3 heterocycles. The van der Waals surface area contributed by atoms with Crippen LogP contribution in [0.4, 0.5) is 0 Å². The molecule has 1 fully saturated rings. The third-order valence-corrected chi connectivity index (χ3v) is 6.08. The van der Waals surface area contributed by atoms with Gasteiger partial charge in [-0.2, -0.15) is 0 Å². The first-order chi connectivity index (χ1) is 13.6. The molecule has 0 spiro atoms. The average Bonchev–Trinajstić information content (AvgIpc) is 3.35. The van der Waals surface area contributed by atoms with Gasteiger partial charge in [-0.25, -0.2) is 4.98 Å². The molecular formula is C22H22N2O4. The summed E-state index contributed by atoms with van der Waals surface area (Å²) in [5.41, 5.74) is 2.35. The largest absolute Gasteiger partial charge is 0.497 e. The molecule has 6 nitrogen and oxygen atoms in total. The summed E-state index contributed by atoms with van der Waals surface area (Å²) in [6.07, 6.45) is 2.26. The molecule has 3 aromatic rings. The highest BCUT2D eigenvalue weighted by Gasteiger charge is 2.48. The van der Waals surface area contributed by atoms with Gasteiger partial charge >= 0.3 is 5.97 Å². The number of para-hydroxylation sites is 2. The van der Waals surface area contributed by atoms with E-state index in [0.29, 0.717) is 25.3 Å². The first kappa shape index (κ1) is 17.3. The Hall–Kier alpha value is -2.86. The summed E-state index contributed by atoms with van der Waals surface area (Å²) in [4.78, 5) is 17.6. The zero-order valence-corrected chi connectivity index (χ0v) is 15.7. The Balaban J connectivity index is 1.77. The van der Waals surface area contributed by atoms with E-state index in [1.54, 1.807) is 7.11 Å². The van der Waals surface area contributed by atoms with Crippen LogP contribution < -0.4 is 4.74 Å². The lowest BCUT2D eigenvalue weighted by atomic mass is 9.71. The highest BCUT2D eigenvalue weighted by Crippen LogP contribution is 2.46. The fourth-order valence-corrected chi connectivity index (χ4v) is 4.68. The number of carboxylic acids is 1. The van der Waals surface area contributed by atoms with Gasteiger partial charge in [0.05, 0.1) is 24.2 Å². The maximum atomic E-state index is 12.8. The van der Waals surface area contributed by atoms with Gasteiger partial charge in [0.1, 0.15) is 17.0 Å². The summed E-state index contributed by atoms with van der Waals surface area (Å²) in [5.74, 6) is 0.630. The monoisotopic (exact) mass is 378 g/mol. The maximum Gasteiger partial charge on any atom is 0.316 e. The van der Waals surface area contributed by atoms with Crippen molar-refractivity contribution in [1.82, 2.24) is 9.55 Å². The van der Waals surface area contributed by atoms with Gasteiger partial charge in [-0.1, -0.05) is 12.1 Å². The molecule has 0 saturated carbocycles. The van der Waals surface area contributed by atoms with Gasteiger partial charge in [-0.3, -0.25) is 4.79 Å². The number of hydrogen-bond donors (Lipinski definition) is 1. The van der Waals surface area contributed by atoms with E-state index < -0.39 is 11.4 Å². The standard InChI is InChI=1S/C22H22N2O4/c1-27-14-8-9-16-17(11-14)22(21(25)26,12-15-5-4-10-28-15)13-24-19-7-3-2-6-18(19)23-20(16)24/h2-3,6-9,11,15H,4-5,10,12-13H2,1H3,(H,25,26). The second kappa shape index (κ2) is 6.34. The zero-order valence-electron chi connectivity index (χ0n) is 15.7. The van der Waals surface area contributed by atoms with E-state index in [4.69, 9.17) is 14.5 Å². The molecule has 144 valence electrons. The van der Waals surface area contributed by atoms with E-state index >= 15 is 0 Å². The quantitative estimate of drug-likeness (QED) is 0.751. The van der Waals surface area contributed by atoms with E-state index in [1.807, 2.05) is 47.0 Å². The molecule has 5 rings (SSSR count). The normalized spacial score (nSPS) is 23.4. The Kier molecular flexibility index (Phi) is 3.91. The fourth-order valence-electron chi connectivity index (χ4n) is 4.68. The molecule has 1 saturated heterocycles. The minimum Gasteiger partial charge on any atom is -0.497 e. The Labute approximate surface area is 162 Å². The number of fused-ring (bicyclic) bond motifs is 5. The molecule has 2 atom stereocenters. The van der Waals surface area contributed by atoms with Crippen LogP contribution in [0.2, 0.25) is 0 Å². The van der Waals surface area contributed by atoms with Gasteiger partial charge in [0.2, 0.25) is 0 Å². The van der Waals surface area contributed by atoms with E-state index in [2.05, 4.69) is 0 Å². The lowest BCUT2D eigenvalue weighted by Crippen LogP contribution is -2.45. The third kappa shape index (κ3) is 2.44. The van der Waals surface area contributed by atoms with Gasteiger partial charge in [0, 0.05) is 18.7 Å². The van der Waals surface area contributed by atoms with Crippen molar-refractivity contribution in [1.29, 1.82) is 0 Å². The number of methoxy groups -OCH3 is 1. The number of carboxylic acid groups (broad SMARTS) is 1. The van der Waals surface area contributed by atoms with Crippen molar-refractivity contribution in [3.8, 4) is 17.1 Å². The van der Waals surface area contributed by atoms with E-state index in [9.17, 15) is 9.90 Å². The van der Waals surface area contributed by atoms with Crippen LogP contribution in [0, 0.1) is 0 Å². The second-order valence-corrected chi connectivity index (χ2v) is 7.65. The van der Waals surface area contributed by atoms with Crippen LogP contribution >= 0.6 is 0 Å². The predicted molar refractivity (Wildman–Crippen MR) is 105 cm³/mol. The zero-order chi connectivity index (χ0) is 19.3. The Bertz CT molecular complexity index is 1070. The Morgan fingerprint density at radius 2 is 2.21 bits per heavy atom. The van der Waals surface area contributed by atoms with Crippen LogP contribution in [0.15, 0.2) is 42.5 Å². The molecule has 1 aromatic heterocycles. The van der Waals surface area contributed by atoms with Crippen LogP contribution in [0.5, 0.6) is 5.75 Å². The molecule has 2 aromatic carbocycles. The SMILES string of the molecule is COc1ccc2c(c1)C(CC1CCCO1)(C(=O)O)Cn1c-2nc2ccccc21. The summed E-state index contributed by atoms with van der Waals surface area (Å²) in [5, 5.41) is 10.5. The number of aromatic nitrogens is 2. The van der Waals surface area contributed by atoms with Gasteiger partial charge in [-0.05, 0) is 55.2 Å². The third-order valence-electron chi connectivity index (χ3n) is 6.08. The highest BCUT2D eigenvalue weighted by molar-refractivity contribution is 5.90. The number of aliphatic carboxylic acids is 1. The minimum absolute atomic E-state index is 0.0495. The number of carbonyl (C=O) groups is 1. The van der Waals surface area contributed by atoms with Crippen LogP contribution in [0.25, 0.3) is 22.4 Å². The van der Waals surface area contributed by atoms with E-state index in [-0.39, 0.29) is 6.10 Å². The van der Waals surface area contributed by atoms with Crippen molar-refractivity contribution in [2.24, 2.45) is 0 Å². The van der Waals surface area contributed by atoms with Crippen molar-refractivity contribution in [2.75, 3.05) is 13.7 Å². The molecule has 0 radical (unpaired) electrons. The molecule has 1 N–H and O–H groups in total. The smallest absolute Gasteiger partial charge is 0.316 e. The highest BCUT2D eigenvalue weighted by atomic mass is 16.5. The second-order valence-electron chi connectivity index (χ2n) is 7.65. The lowest BCUT2D eigenvalue weighted by molar-refractivity contribution is -0.146. The van der Waals surface area contributed by atoms with Gasteiger partial charge in [0.15, 0.2) is 0 Å². The summed E-state index contributed by atoms with van der Waals surface area (Å²) >= 11 is 0. The summed E-state index contributed by atoms with van der Waals surface area (Å²) in [6, 6.07) is 13.5. The average molecular weight is 378 g/mol. The first-order valence-electron chi connectivity index (χ1n) is 9.61. The van der Waals surface area contributed by atoms with Crippen molar-refractivity contribution >= 4 is 17.0 Å². The predicted octanol–water partition coefficient (Wildman–Crippen LogP) is 3.62. The van der Waals surface area contributed by atoms with E-state index in [1.165, 1.54) is 0 Å². The van der Waals surface area contributed by atoms with Crippen LogP contribution in [0.1, 0.15) is 24.8 Å². The van der Waals surface area contributed by atoms with Crippen molar-refractivity contribution < 1.29 is 19.4 Å².